The second-order valence-corrected chi connectivity index (χ2v) is 3.86. The van der Waals surface area contributed by atoms with Crippen molar-refractivity contribution in [3.8, 4) is 0 Å². The van der Waals surface area contributed by atoms with Crippen LogP contribution in [0.5, 0.6) is 0 Å². The Hall–Kier alpha value is -0.240. The number of rotatable bonds is 0. The van der Waals surface area contributed by atoms with Crippen LogP contribution in [0, 0.1) is 0 Å². The van der Waals surface area contributed by atoms with Crippen molar-refractivity contribution < 1.29 is 4.79 Å². The van der Waals surface area contributed by atoms with Gasteiger partial charge in [-0.1, -0.05) is 0 Å². The van der Waals surface area contributed by atoms with E-state index in [0.717, 1.165) is 5.57 Å². The Bertz CT molecular complexity index is 181. The lowest BCUT2D eigenvalue weighted by Gasteiger charge is -1.94. The Morgan fingerprint density at radius 1 is 1.44 bits per heavy atom. The van der Waals surface area contributed by atoms with Crippen LogP contribution in [0.1, 0.15) is 20.8 Å². The fourth-order valence-electron chi connectivity index (χ4n) is 0.885. The van der Waals surface area contributed by atoms with Crippen molar-refractivity contribution in [3.63, 3.8) is 0 Å². The number of hydrogen-bond donors (Lipinski definition) is 0. The molecule has 0 aromatic rings. The third-order valence-corrected chi connectivity index (χ3v) is 2.85. The van der Waals surface area contributed by atoms with E-state index in [2.05, 4.69) is 0 Å². The van der Waals surface area contributed by atoms with E-state index in [9.17, 15) is 4.79 Å². The van der Waals surface area contributed by atoms with Gasteiger partial charge in [0.2, 0.25) is 0 Å². The van der Waals surface area contributed by atoms with Gasteiger partial charge in [-0.3, -0.25) is 4.79 Å². The Balaban J connectivity index is 2.87. The number of hydrogen-bond acceptors (Lipinski definition) is 2. The molecule has 50 valence electrons. The first kappa shape index (κ1) is 6.87. The van der Waals surface area contributed by atoms with Gasteiger partial charge in [-0.15, -0.1) is 11.8 Å². The molecule has 0 amide bonds. The summed E-state index contributed by atoms with van der Waals surface area (Å²) in [5.41, 5.74) is 0.951. The van der Waals surface area contributed by atoms with Crippen LogP contribution in [0.3, 0.4) is 0 Å². The number of ketones is 1. The van der Waals surface area contributed by atoms with E-state index in [-0.39, 0.29) is 5.25 Å². The number of Topliss-reactive ketones (excluding diaryl/α,β-unsaturated/α-hetero) is 1. The zero-order chi connectivity index (χ0) is 7.02. The smallest absolute Gasteiger partial charge is 0.172 e. The minimum absolute atomic E-state index is 0.171. The van der Waals surface area contributed by atoms with Crippen molar-refractivity contribution in [3.05, 3.63) is 10.5 Å². The Morgan fingerprint density at radius 3 is 2.11 bits per heavy atom. The number of thioether (sulfide) groups is 1. The molecule has 1 nitrogen and oxygen atoms in total. The predicted octanol–water partition coefficient (Wildman–Crippen LogP) is 1.98. The van der Waals surface area contributed by atoms with Gasteiger partial charge in [0.25, 0.3) is 0 Å². The first-order chi connectivity index (χ1) is 4.13. The van der Waals surface area contributed by atoms with E-state index >= 15 is 0 Å². The normalized spacial score (nSPS) is 27.9. The molecule has 9 heavy (non-hydrogen) atoms. The fourth-order valence-corrected chi connectivity index (χ4v) is 1.98. The molecule has 1 heterocycles. The van der Waals surface area contributed by atoms with E-state index < -0.39 is 0 Å². The maximum absolute atomic E-state index is 11.0. The van der Waals surface area contributed by atoms with Crippen molar-refractivity contribution in [2.45, 2.75) is 26.0 Å². The van der Waals surface area contributed by atoms with Gasteiger partial charge in [0, 0.05) is 5.57 Å². The lowest BCUT2D eigenvalue weighted by Crippen LogP contribution is -2.07. The molecule has 0 saturated heterocycles. The van der Waals surface area contributed by atoms with Gasteiger partial charge in [0.1, 0.15) is 0 Å². The minimum Gasteiger partial charge on any atom is -0.293 e. The van der Waals surface area contributed by atoms with Gasteiger partial charge in [-0.05, 0) is 25.7 Å². The van der Waals surface area contributed by atoms with Crippen molar-refractivity contribution in [1.82, 2.24) is 0 Å². The van der Waals surface area contributed by atoms with E-state index in [0.29, 0.717) is 5.78 Å². The van der Waals surface area contributed by atoms with Gasteiger partial charge in [0.15, 0.2) is 5.78 Å². The molecule has 0 aliphatic carbocycles. The molecule has 0 N–H and O–H groups in total. The summed E-state index contributed by atoms with van der Waals surface area (Å²) in [5.74, 6) is 0.303. The predicted molar refractivity (Wildman–Crippen MR) is 40.4 cm³/mol. The van der Waals surface area contributed by atoms with E-state index in [4.69, 9.17) is 0 Å². The fraction of sp³-hybridized carbons (Fsp3) is 0.571. The molecule has 1 aliphatic rings. The summed E-state index contributed by atoms with van der Waals surface area (Å²) in [6, 6.07) is 0. The summed E-state index contributed by atoms with van der Waals surface area (Å²) < 4.78 is 0. The molecule has 0 aromatic heterocycles. The quantitative estimate of drug-likeness (QED) is 0.514. The van der Waals surface area contributed by atoms with Crippen LogP contribution in [0.4, 0.5) is 0 Å². The summed E-state index contributed by atoms with van der Waals surface area (Å²) in [5, 5.41) is 0.171. The first-order valence-corrected chi connectivity index (χ1v) is 3.89. The van der Waals surface area contributed by atoms with Crippen LogP contribution in [0.25, 0.3) is 0 Å². The molecule has 0 saturated carbocycles. The van der Waals surface area contributed by atoms with Crippen molar-refractivity contribution >= 4 is 17.5 Å². The molecule has 2 heteroatoms. The summed E-state index contributed by atoms with van der Waals surface area (Å²) in [6.45, 7) is 5.85. The average molecular weight is 142 g/mol. The Kier molecular flexibility index (Phi) is 1.66. The third kappa shape index (κ3) is 1.04. The Morgan fingerprint density at radius 2 is 2.00 bits per heavy atom. The van der Waals surface area contributed by atoms with Crippen LogP contribution in [-0.2, 0) is 4.79 Å². The van der Waals surface area contributed by atoms with Gasteiger partial charge in [0.05, 0.1) is 5.25 Å². The number of allylic oxidation sites excluding steroid dienone is 2. The molecule has 1 atom stereocenters. The monoisotopic (exact) mass is 142 g/mol. The summed E-state index contributed by atoms with van der Waals surface area (Å²) in [6.07, 6.45) is 0. The summed E-state index contributed by atoms with van der Waals surface area (Å²) >= 11 is 1.67. The van der Waals surface area contributed by atoms with Crippen molar-refractivity contribution in [2.75, 3.05) is 0 Å². The standard InChI is InChI=1S/C7H10OS/c1-4-5(2)9-6(3)7(4)8/h6H,1-3H3. The highest BCUT2D eigenvalue weighted by Gasteiger charge is 2.24. The van der Waals surface area contributed by atoms with E-state index in [1.54, 1.807) is 11.8 Å². The minimum atomic E-state index is 0.171. The van der Waals surface area contributed by atoms with Crippen molar-refractivity contribution in [1.29, 1.82) is 0 Å². The largest absolute Gasteiger partial charge is 0.293 e. The summed E-state index contributed by atoms with van der Waals surface area (Å²) in [4.78, 5) is 12.2. The molecule has 1 aliphatic heterocycles. The second-order valence-electron chi connectivity index (χ2n) is 2.31. The third-order valence-electron chi connectivity index (χ3n) is 1.62. The second kappa shape index (κ2) is 2.18. The highest BCUT2D eigenvalue weighted by molar-refractivity contribution is 8.04. The Labute approximate surface area is 59.5 Å². The number of carbonyl (C=O) groups is 1. The van der Waals surface area contributed by atoms with Crippen LogP contribution in [-0.4, -0.2) is 11.0 Å². The molecule has 0 spiro atoms. The summed E-state index contributed by atoms with van der Waals surface area (Å²) in [7, 11) is 0. The SMILES string of the molecule is CC1=C(C)C(=O)C(C)S1. The molecule has 0 radical (unpaired) electrons. The zero-order valence-electron chi connectivity index (χ0n) is 5.89. The highest BCUT2D eigenvalue weighted by atomic mass is 32.2. The first-order valence-electron chi connectivity index (χ1n) is 3.01. The molecular formula is C7H10OS. The average Bonchev–Trinajstić information content (AvgIpc) is 1.98. The molecule has 1 unspecified atom stereocenters. The van der Waals surface area contributed by atoms with Crippen LogP contribution >= 0.6 is 11.8 Å². The molecule has 0 fully saturated rings. The molecular weight excluding hydrogens is 132 g/mol. The zero-order valence-corrected chi connectivity index (χ0v) is 6.71. The van der Waals surface area contributed by atoms with Gasteiger partial charge < -0.3 is 0 Å². The van der Waals surface area contributed by atoms with Crippen LogP contribution < -0.4 is 0 Å². The molecule has 0 aromatic carbocycles. The van der Waals surface area contributed by atoms with Gasteiger partial charge >= 0.3 is 0 Å². The van der Waals surface area contributed by atoms with Crippen LogP contribution in [0.2, 0.25) is 0 Å². The van der Waals surface area contributed by atoms with Gasteiger partial charge in [-0.25, -0.2) is 0 Å². The molecule has 0 bridgehead atoms. The maximum Gasteiger partial charge on any atom is 0.172 e. The molecule has 1 rings (SSSR count). The lowest BCUT2D eigenvalue weighted by atomic mass is 10.1. The van der Waals surface area contributed by atoms with E-state index in [1.165, 1.54) is 4.91 Å². The highest BCUT2D eigenvalue weighted by Crippen LogP contribution is 2.33. The van der Waals surface area contributed by atoms with E-state index in [1.807, 2.05) is 20.8 Å². The number of carbonyl (C=O) groups excluding carboxylic acids is 1. The topological polar surface area (TPSA) is 17.1 Å². The van der Waals surface area contributed by atoms with Crippen LogP contribution in [0.15, 0.2) is 10.5 Å². The van der Waals surface area contributed by atoms with Crippen molar-refractivity contribution in [2.24, 2.45) is 0 Å². The van der Waals surface area contributed by atoms with Gasteiger partial charge in [-0.2, -0.15) is 0 Å². The lowest BCUT2D eigenvalue weighted by molar-refractivity contribution is -0.114. The maximum atomic E-state index is 11.0.